The first-order chi connectivity index (χ1) is 7.44. The molecule has 2 saturated heterocycles. The molecule has 0 aromatic heterocycles. The Morgan fingerprint density at radius 2 is 2.12 bits per heavy atom. The fourth-order valence-electron chi connectivity index (χ4n) is 2.94. The van der Waals surface area contributed by atoms with Crippen molar-refractivity contribution < 1.29 is 4.79 Å². The highest BCUT2D eigenvalue weighted by molar-refractivity contribution is 5.85. The summed E-state index contributed by atoms with van der Waals surface area (Å²) in [6.07, 6.45) is 2.14. The van der Waals surface area contributed by atoms with Crippen molar-refractivity contribution in [2.24, 2.45) is 16.6 Å². The lowest BCUT2D eigenvalue weighted by Gasteiger charge is -2.30. The van der Waals surface area contributed by atoms with Crippen LogP contribution in [0.3, 0.4) is 0 Å². The van der Waals surface area contributed by atoms with E-state index < -0.39 is 0 Å². The fraction of sp³-hybridized carbons (Fsp3) is 0.917. The van der Waals surface area contributed by atoms with E-state index in [1.54, 1.807) is 0 Å². The number of nitrogens with zero attached hydrogens (tertiary/aromatic N) is 1. The topological polar surface area (TPSA) is 58.4 Å². The average molecular weight is 262 g/mol. The summed E-state index contributed by atoms with van der Waals surface area (Å²) in [5, 5.41) is 3.41. The van der Waals surface area contributed by atoms with E-state index in [4.69, 9.17) is 5.73 Å². The molecule has 2 rings (SSSR count). The summed E-state index contributed by atoms with van der Waals surface area (Å²) in [6.45, 7) is 9.46. The van der Waals surface area contributed by atoms with Crippen LogP contribution in [-0.4, -0.2) is 43.5 Å². The van der Waals surface area contributed by atoms with Gasteiger partial charge in [0.15, 0.2) is 0 Å². The minimum absolute atomic E-state index is 0. The van der Waals surface area contributed by atoms with Gasteiger partial charge in [-0.15, -0.1) is 12.4 Å². The third-order valence-electron chi connectivity index (χ3n) is 4.21. The van der Waals surface area contributed by atoms with Crippen LogP contribution in [0, 0.1) is 10.8 Å². The number of hydrogen-bond donors (Lipinski definition) is 2. The molecule has 0 saturated carbocycles. The van der Waals surface area contributed by atoms with Gasteiger partial charge in [0, 0.05) is 19.6 Å². The molecular weight excluding hydrogens is 238 g/mol. The Balaban J connectivity index is 0.00000144. The second kappa shape index (κ2) is 5.12. The highest BCUT2D eigenvalue weighted by atomic mass is 35.5. The predicted octanol–water partition coefficient (Wildman–Crippen LogP) is 0.605. The largest absolute Gasteiger partial charge is 0.369 e. The molecule has 2 aliphatic rings. The van der Waals surface area contributed by atoms with Gasteiger partial charge < -0.3 is 16.0 Å². The molecule has 17 heavy (non-hydrogen) atoms. The lowest BCUT2D eigenvalue weighted by atomic mass is 9.88. The number of nitrogens with one attached hydrogen (secondary N) is 1. The van der Waals surface area contributed by atoms with Crippen LogP contribution in [0.4, 0.5) is 0 Å². The molecule has 5 heteroatoms. The minimum Gasteiger partial charge on any atom is -0.369 e. The molecule has 2 fully saturated rings. The van der Waals surface area contributed by atoms with Gasteiger partial charge in [0.2, 0.25) is 5.91 Å². The molecule has 100 valence electrons. The number of carbonyl (C=O) groups is 1. The van der Waals surface area contributed by atoms with Crippen LogP contribution in [0.1, 0.15) is 26.7 Å². The van der Waals surface area contributed by atoms with Crippen molar-refractivity contribution in [1.29, 1.82) is 0 Å². The van der Waals surface area contributed by atoms with Crippen LogP contribution in [0.5, 0.6) is 0 Å². The number of amides is 1. The molecule has 0 aliphatic carbocycles. The number of primary amides is 1. The van der Waals surface area contributed by atoms with E-state index in [1.807, 2.05) is 6.92 Å². The summed E-state index contributed by atoms with van der Waals surface area (Å²) < 4.78 is 0. The molecule has 0 radical (unpaired) electrons. The highest BCUT2D eigenvalue weighted by Gasteiger charge is 2.41. The van der Waals surface area contributed by atoms with Gasteiger partial charge in [-0.3, -0.25) is 4.79 Å². The van der Waals surface area contributed by atoms with Gasteiger partial charge in [-0.25, -0.2) is 0 Å². The van der Waals surface area contributed by atoms with Crippen molar-refractivity contribution in [1.82, 2.24) is 10.2 Å². The monoisotopic (exact) mass is 261 g/mol. The van der Waals surface area contributed by atoms with Crippen LogP contribution >= 0.6 is 12.4 Å². The molecule has 1 amide bonds. The van der Waals surface area contributed by atoms with Crippen molar-refractivity contribution in [3.05, 3.63) is 0 Å². The van der Waals surface area contributed by atoms with Crippen molar-refractivity contribution in [3.8, 4) is 0 Å². The zero-order valence-corrected chi connectivity index (χ0v) is 11.6. The smallest absolute Gasteiger partial charge is 0.224 e. The summed E-state index contributed by atoms with van der Waals surface area (Å²) in [7, 11) is 0. The number of carbonyl (C=O) groups excluding carboxylic acids is 1. The quantitative estimate of drug-likeness (QED) is 0.783. The molecule has 0 spiro atoms. The van der Waals surface area contributed by atoms with Crippen LogP contribution < -0.4 is 11.1 Å². The fourth-order valence-corrected chi connectivity index (χ4v) is 2.94. The van der Waals surface area contributed by atoms with Crippen molar-refractivity contribution in [2.45, 2.75) is 26.7 Å². The first kappa shape index (κ1) is 14.7. The molecule has 2 atom stereocenters. The number of likely N-dealkylation sites (tertiary alicyclic amines) is 1. The van der Waals surface area contributed by atoms with Crippen LogP contribution in [0.2, 0.25) is 0 Å². The van der Waals surface area contributed by atoms with Crippen molar-refractivity contribution in [2.75, 3.05) is 32.7 Å². The van der Waals surface area contributed by atoms with Crippen molar-refractivity contribution >= 4 is 18.3 Å². The van der Waals surface area contributed by atoms with Gasteiger partial charge in [0.25, 0.3) is 0 Å². The molecule has 3 N–H and O–H groups in total. The summed E-state index contributed by atoms with van der Waals surface area (Å²) in [5.74, 6) is -0.148. The first-order valence-corrected chi connectivity index (χ1v) is 6.17. The van der Waals surface area contributed by atoms with Crippen molar-refractivity contribution in [3.63, 3.8) is 0 Å². The Hall–Kier alpha value is -0.320. The number of halogens is 1. The van der Waals surface area contributed by atoms with Gasteiger partial charge in [0.1, 0.15) is 0 Å². The molecule has 0 aromatic rings. The van der Waals surface area contributed by atoms with Gasteiger partial charge in [-0.2, -0.15) is 0 Å². The maximum Gasteiger partial charge on any atom is 0.224 e. The van der Waals surface area contributed by atoms with Gasteiger partial charge >= 0.3 is 0 Å². The Labute approximate surface area is 110 Å². The summed E-state index contributed by atoms with van der Waals surface area (Å²) >= 11 is 0. The standard InChI is InChI=1S/C12H23N3O.ClH/c1-11(3-5-14-7-11)8-15-6-4-12(2,9-15)10(13)16;/h14H,3-9H2,1-2H3,(H2,13,16);1H. The highest BCUT2D eigenvalue weighted by Crippen LogP contribution is 2.33. The van der Waals surface area contributed by atoms with Crippen LogP contribution in [0.25, 0.3) is 0 Å². The Morgan fingerprint density at radius 1 is 1.41 bits per heavy atom. The third kappa shape index (κ3) is 3.12. The number of nitrogens with two attached hydrogens (primary N) is 1. The summed E-state index contributed by atoms with van der Waals surface area (Å²) in [5.41, 5.74) is 5.53. The number of hydrogen-bond acceptors (Lipinski definition) is 3. The zero-order valence-electron chi connectivity index (χ0n) is 10.8. The maximum absolute atomic E-state index is 11.4. The molecule has 2 aliphatic heterocycles. The van der Waals surface area contributed by atoms with E-state index in [9.17, 15) is 4.79 Å². The lowest BCUT2D eigenvalue weighted by Crippen LogP contribution is -2.40. The van der Waals surface area contributed by atoms with Crippen LogP contribution in [0.15, 0.2) is 0 Å². The molecule has 0 aromatic carbocycles. The van der Waals surface area contributed by atoms with E-state index in [2.05, 4.69) is 17.1 Å². The van der Waals surface area contributed by atoms with Gasteiger partial charge in [-0.05, 0) is 38.3 Å². The number of rotatable bonds is 3. The Morgan fingerprint density at radius 3 is 2.59 bits per heavy atom. The summed E-state index contributed by atoms with van der Waals surface area (Å²) in [4.78, 5) is 13.8. The normalized spacial score (nSPS) is 38.0. The Kier molecular flexibility index (Phi) is 4.44. The molecule has 0 bridgehead atoms. The van der Waals surface area contributed by atoms with E-state index in [0.717, 1.165) is 39.1 Å². The second-order valence-corrected chi connectivity index (χ2v) is 6.12. The molecule has 4 nitrogen and oxygen atoms in total. The van der Waals surface area contributed by atoms with E-state index in [1.165, 1.54) is 6.42 Å². The third-order valence-corrected chi connectivity index (χ3v) is 4.21. The lowest BCUT2D eigenvalue weighted by molar-refractivity contribution is -0.126. The van der Waals surface area contributed by atoms with E-state index >= 15 is 0 Å². The Bertz CT molecular complexity index is 291. The second-order valence-electron chi connectivity index (χ2n) is 6.12. The molecule has 2 heterocycles. The zero-order chi connectivity index (χ0) is 11.8. The van der Waals surface area contributed by atoms with E-state index in [0.29, 0.717) is 5.41 Å². The first-order valence-electron chi connectivity index (χ1n) is 6.17. The van der Waals surface area contributed by atoms with Crippen LogP contribution in [-0.2, 0) is 4.79 Å². The molecular formula is C12H24ClN3O. The summed E-state index contributed by atoms with van der Waals surface area (Å²) in [6, 6.07) is 0. The maximum atomic E-state index is 11.4. The minimum atomic E-state index is -0.303. The average Bonchev–Trinajstić information content (AvgIpc) is 2.75. The predicted molar refractivity (Wildman–Crippen MR) is 71.2 cm³/mol. The van der Waals surface area contributed by atoms with Gasteiger partial charge in [0.05, 0.1) is 5.41 Å². The van der Waals surface area contributed by atoms with E-state index in [-0.39, 0.29) is 23.7 Å². The molecule has 2 unspecified atom stereocenters. The SMILES string of the molecule is CC1(CN2CCC(C)(C(N)=O)C2)CCNC1.Cl. The van der Waals surface area contributed by atoms with Gasteiger partial charge in [-0.1, -0.05) is 6.92 Å².